The topological polar surface area (TPSA) is 79.4 Å². The van der Waals surface area contributed by atoms with Crippen LogP contribution >= 0.6 is 11.3 Å². The van der Waals surface area contributed by atoms with Crippen molar-refractivity contribution in [1.82, 2.24) is 9.88 Å². The summed E-state index contributed by atoms with van der Waals surface area (Å²) in [6.07, 6.45) is 1.34. The molecule has 4 rings (SSSR count). The fourth-order valence-electron chi connectivity index (χ4n) is 4.24. The predicted octanol–water partition coefficient (Wildman–Crippen LogP) is 4.75. The summed E-state index contributed by atoms with van der Waals surface area (Å²) in [5, 5.41) is 3.55. The monoisotopic (exact) mass is 483 g/mol. The Morgan fingerprint density at radius 1 is 1.12 bits per heavy atom. The molecule has 0 spiro atoms. The third-order valence-corrected chi connectivity index (χ3v) is 7.95. The Bertz CT molecular complexity index is 1250. The van der Waals surface area contributed by atoms with Gasteiger partial charge in [-0.1, -0.05) is 55.8 Å². The van der Waals surface area contributed by atoms with Crippen LogP contribution in [-0.4, -0.2) is 30.5 Å². The maximum Gasteiger partial charge on any atom is 0.230 e. The van der Waals surface area contributed by atoms with Gasteiger partial charge in [0.25, 0.3) is 0 Å². The lowest BCUT2D eigenvalue weighted by Crippen LogP contribution is -2.26. The minimum Gasteiger partial charge on any atom is -0.302 e. The minimum atomic E-state index is -3.25. The van der Waals surface area contributed by atoms with Gasteiger partial charge in [-0.25, -0.2) is 13.4 Å². The summed E-state index contributed by atoms with van der Waals surface area (Å²) in [5.74, 6) is 0.239. The molecular formula is C25H29N3O3S2. The SMILES string of the molecule is Cc1ccc(CN2Cc3sc(NC(=O)Cc4ccc(S(C)(=O)=O)cc4)nc3C2C(C)C)cc1. The average Bonchev–Trinajstić information content (AvgIpc) is 3.25. The van der Waals surface area contributed by atoms with Crippen LogP contribution in [0.15, 0.2) is 53.4 Å². The van der Waals surface area contributed by atoms with Crippen LogP contribution in [0.1, 0.15) is 47.2 Å². The molecule has 1 aliphatic heterocycles. The van der Waals surface area contributed by atoms with Gasteiger partial charge in [0, 0.05) is 24.2 Å². The van der Waals surface area contributed by atoms with Crippen molar-refractivity contribution in [3.63, 3.8) is 0 Å². The summed E-state index contributed by atoms with van der Waals surface area (Å²) >= 11 is 1.54. The Kier molecular flexibility index (Phi) is 6.70. The van der Waals surface area contributed by atoms with Crippen molar-refractivity contribution in [1.29, 1.82) is 0 Å². The molecule has 1 aromatic heterocycles. The number of fused-ring (bicyclic) bond motifs is 1. The van der Waals surface area contributed by atoms with E-state index in [4.69, 9.17) is 4.98 Å². The van der Waals surface area contributed by atoms with Crippen molar-refractivity contribution in [2.45, 2.75) is 51.2 Å². The van der Waals surface area contributed by atoms with Gasteiger partial charge in [-0.3, -0.25) is 9.69 Å². The van der Waals surface area contributed by atoms with E-state index in [0.717, 1.165) is 24.3 Å². The first-order valence-corrected chi connectivity index (χ1v) is 13.7. The Labute approximate surface area is 199 Å². The number of hydrogen-bond acceptors (Lipinski definition) is 6. The maximum absolute atomic E-state index is 12.6. The van der Waals surface area contributed by atoms with E-state index in [1.54, 1.807) is 23.5 Å². The highest BCUT2D eigenvalue weighted by Gasteiger charge is 2.36. The largest absolute Gasteiger partial charge is 0.302 e. The van der Waals surface area contributed by atoms with Gasteiger partial charge in [0.2, 0.25) is 5.91 Å². The van der Waals surface area contributed by atoms with Crippen molar-refractivity contribution >= 4 is 32.2 Å². The van der Waals surface area contributed by atoms with Crippen molar-refractivity contribution in [2.24, 2.45) is 5.92 Å². The molecule has 1 aliphatic rings. The van der Waals surface area contributed by atoms with Crippen LogP contribution in [0.25, 0.3) is 0 Å². The fraction of sp³-hybridized carbons (Fsp3) is 0.360. The van der Waals surface area contributed by atoms with E-state index in [0.29, 0.717) is 11.0 Å². The van der Waals surface area contributed by atoms with Gasteiger partial charge in [-0.05, 0) is 36.1 Å². The summed E-state index contributed by atoms with van der Waals surface area (Å²) in [4.78, 5) is 21.3. The van der Waals surface area contributed by atoms with E-state index in [-0.39, 0.29) is 23.3 Å². The van der Waals surface area contributed by atoms with E-state index >= 15 is 0 Å². The number of sulfone groups is 1. The molecule has 2 heterocycles. The number of thiazole rings is 1. The number of amides is 1. The molecule has 0 saturated heterocycles. The van der Waals surface area contributed by atoms with E-state index in [9.17, 15) is 13.2 Å². The van der Waals surface area contributed by atoms with Gasteiger partial charge in [0.1, 0.15) is 0 Å². The minimum absolute atomic E-state index is 0.160. The molecule has 1 atom stereocenters. The van der Waals surface area contributed by atoms with E-state index in [1.807, 2.05) is 0 Å². The maximum atomic E-state index is 12.6. The first-order chi connectivity index (χ1) is 15.6. The summed E-state index contributed by atoms with van der Waals surface area (Å²) < 4.78 is 23.2. The first-order valence-electron chi connectivity index (χ1n) is 11.0. The van der Waals surface area contributed by atoms with Crippen LogP contribution < -0.4 is 5.32 Å². The normalized spacial score (nSPS) is 16.2. The zero-order valence-electron chi connectivity index (χ0n) is 19.3. The van der Waals surface area contributed by atoms with E-state index in [2.05, 4.69) is 55.3 Å². The molecule has 33 heavy (non-hydrogen) atoms. The molecule has 0 bridgehead atoms. The number of nitrogens with zero attached hydrogens (tertiary/aromatic N) is 2. The molecule has 0 saturated carbocycles. The highest BCUT2D eigenvalue weighted by Crippen LogP contribution is 2.43. The van der Waals surface area contributed by atoms with Crippen LogP contribution in [0.4, 0.5) is 5.13 Å². The van der Waals surface area contributed by atoms with Crippen LogP contribution in [0, 0.1) is 12.8 Å². The van der Waals surface area contributed by atoms with Gasteiger partial charge in [-0.2, -0.15) is 0 Å². The van der Waals surface area contributed by atoms with Gasteiger partial charge < -0.3 is 5.32 Å². The lowest BCUT2D eigenvalue weighted by Gasteiger charge is -2.27. The molecular weight excluding hydrogens is 454 g/mol. The zero-order valence-corrected chi connectivity index (χ0v) is 21.0. The predicted molar refractivity (Wildman–Crippen MR) is 132 cm³/mol. The van der Waals surface area contributed by atoms with Crippen LogP contribution in [-0.2, 0) is 34.1 Å². The molecule has 1 unspecified atom stereocenters. The van der Waals surface area contributed by atoms with Crippen LogP contribution in [0.5, 0.6) is 0 Å². The Balaban J connectivity index is 1.42. The second-order valence-electron chi connectivity index (χ2n) is 9.05. The number of carbonyl (C=O) groups excluding carboxylic acids is 1. The van der Waals surface area contributed by atoms with Crippen LogP contribution in [0.3, 0.4) is 0 Å². The van der Waals surface area contributed by atoms with Gasteiger partial charge in [-0.15, -0.1) is 11.3 Å². The number of aryl methyl sites for hydroxylation is 1. The second-order valence-corrected chi connectivity index (χ2v) is 12.1. The Hall–Kier alpha value is -2.55. The van der Waals surface area contributed by atoms with Crippen molar-refractivity contribution < 1.29 is 13.2 Å². The first kappa shape index (κ1) is 23.6. The number of hydrogen-bond donors (Lipinski definition) is 1. The lowest BCUT2D eigenvalue weighted by atomic mass is 10.0. The molecule has 0 fully saturated rings. The molecule has 8 heteroatoms. The van der Waals surface area contributed by atoms with Crippen molar-refractivity contribution in [3.8, 4) is 0 Å². The number of nitrogens with one attached hydrogen (secondary N) is 1. The van der Waals surface area contributed by atoms with Crippen molar-refractivity contribution in [2.75, 3.05) is 11.6 Å². The lowest BCUT2D eigenvalue weighted by molar-refractivity contribution is -0.115. The van der Waals surface area contributed by atoms with Crippen LogP contribution in [0.2, 0.25) is 0 Å². The molecule has 1 amide bonds. The molecule has 2 aromatic carbocycles. The molecule has 3 aromatic rings. The highest BCUT2D eigenvalue weighted by molar-refractivity contribution is 7.90. The number of anilines is 1. The fourth-order valence-corrected chi connectivity index (χ4v) is 5.91. The molecule has 0 radical (unpaired) electrons. The third kappa shape index (κ3) is 5.51. The standard InChI is InChI=1S/C25H29N3O3S2/c1-16(2)24-23-21(15-28(24)14-19-7-5-17(3)6-8-19)32-25(27-23)26-22(29)13-18-9-11-20(12-10-18)33(4,30)31/h5-12,16,24H,13-15H2,1-4H3,(H,26,27,29). The summed E-state index contributed by atoms with van der Waals surface area (Å²) in [7, 11) is -3.25. The Morgan fingerprint density at radius 2 is 1.76 bits per heavy atom. The zero-order chi connectivity index (χ0) is 23.8. The third-order valence-electron chi connectivity index (χ3n) is 5.85. The number of aromatic nitrogens is 1. The number of rotatable bonds is 7. The quantitative estimate of drug-likeness (QED) is 0.525. The highest BCUT2D eigenvalue weighted by atomic mass is 32.2. The number of carbonyl (C=O) groups is 1. The Morgan fingerprint density at radius 3 is 2.36 bits per heavy atom. The van der Waals surface area contributed by atoms with Crippen molar-refractivity contribution in [3.05, 3.63) is 75.8 Å². The van der Waals surface area contributed by atoms with E-state index < -0.39 is 9.84 Å². The molecule has 0 aliphatic carbocycles. The second kappa shape index (κ2) is 9.37. The smallest absolute Gasteiger partial charge is 0.230 e. The number of benzene rings is 2. The summed E-state index contributed by atoms with van der Waals surface area (Å²) in [6.45, 7) is 8.21. The average molecular weight is 484 g/mol. The van der Waals surface area contributed by atoms with Gasteiger partial charge in [0.15, 0.2) is 15.0 Å². The van der Waals surface area contributed by atoms with Gasteiger partial charge in [0.05, 0.1) is 23.1 Å². The van der Waals surface area contributed by atoms with E-state index in [1.165, 1.54) is 34.4 Å². The molecule has 174 valence electrons. The molecule has 1 N–H and O–H groups in total. The summed E-state index contributed by atoms with van der Waals surface area (Å²) in [6, 6.07) is 15.3. The molecule has 6 nitrogen and oxygen atoms in total. The van der Waals surface area contributed by atoms with Gasteiger partial charge >= 0.3 is 0 Å². The summed E-state index contributed by atoms with van der Waals surface area (Å²) in [5.41, 5.74) is 4.37.